The van der Waals surface area contributed by atoms with Crippen molar-refractivity contribution in [2.24, 2.45) is 5.92 Å². The van der Waals surface area contributed by atoms with Crippen LogP contribution in [0.15, 0.2) is 0 Å². The molecule has 1 saturated heterocycles. The highest BCUT2D eigenvalue weighted by Crippen LogP contribution is 2.16. The van der Waals surface area contributed by atoms with Gasteiger partial charge in [0.2, 0.25) is 5.91 Å². The van der Waals surface area contributed by atoms with E-state index in [9.17, 15) is 9.59 Å². The van der Waals surface area contributed by atoms with E-state index in [0.29, 0.717) is 19.6 Å². The maximum absolute atomic E-state index is 11.1. The van der Waals surface area contributed by atoms with Crippen LogP contribution in [-0.2, 0) is 14.3 Å². The third kappa shape index (κ3) is 3.36. The summed E-state index contributed by atoms with van der Waals surface area (Å²) in [6.45, 7) is 6.64. The van der Waals surface area contributed by atoms with Crippen LogP contribution >= 0.6 is 0 Å². The second kappa shape index (κ2) is 6.40. The van der Waals surface area contributed by atoms with Gasteiger partial charge in [-0.05, 0) is 6.92 Å². The van der Waals surface area contributed by atoms with Crippen LogP contribution < -0.4 is 0 Å². The van der Waals surface area contributed by atoms with Gasteiger partial charge in [0.05, 0.1) is 12.5 Å². The normalized spacial score (nSPS) is 20.1. The van der Waals surface area contributed by atoms with Crippen molar-refractivity contribution in [2.45, 2.75) is 27.2 Å². The lowest BCUT2D eigenvalue weighted by molar-refractivity contribution is -0.147. The summed E-state index contributed by atoms with van der Waals surface area (Å²) in [6.07, 6.45) is 0.301. The maximum Gasteiger partial charge on any atom is 0.311 e. The van der Waals surface area contributed by atoms with Crippen molar-refractivity contribution in [1.29, 1.82) is 0 Å². The molecule has 0 spiro atoms. The summed E-state index contributed by atoms with van der Waals surface area (Å²) in [7, 11) is 1.70. The van der Waals surface area contributed by atoms with Crippen molar-refractivity contribution < 1.29 is 14.3 Å². The number of carbonyl (C=O) groups is 2. The van der Waals surface area contributed by atoms with Crippen molar-refractivity contribution >= 4 is 11.9 Å². The van der Waals surface area contributed by atoms with Crippen LogP contribution in [0.5, 0.6) is 0 Å². The molecule has 14 heavy (non-hydrogen) atoms. The molecule has 0 bridgehead atoms. The van der Waals surface area contributed by atoms with Gasteiger partial charge in [0.25, 0.3) is 0 Å². The fourth-order valence-corrected chi connectivity index (χ4v) is 1.28. The van der Waals surface area contributed by atoms with Gasteiger partial charge in [-0.3, -0.25) is 9.59 Å². The summed E-state index contributed by atoms with van der Waals surface area (Å²) in [5, 5.41) is 0. The standard InChI is InChI=1S/C8H13NO3.C2H6/c1-3-12-8(11)6-4-7(10)9(2)5-6;1-2/h6H,3-5H2,1-2H3;1-2H3. The minimum Gasteiger partial charge on any atom is -0.466 e. The van der Waals surface area contributed by atoms with Crippen molar-refractivity contribution in [1.82, 2.24) is 4.90 Å². The van der Waals surface area contributed by atoms with Gasteiger partial charge in [-0.1, -0.05) is 13.8 Å². The number of esters is 1. The number of amides is 1. The Morgan fingerprint density at radius 1 is 1.57 bits per heavy atom. The summed E-state index contributed by atoms with van der Waals surface area (Å²) in [6, 6.07) is 0. The molecule has 0 aromatic rings. The molecule has 1 aliphatic rings. The zero-order valence-corrected chi connectivity index (χ0v) is 9.37. The van der Waals surface area contributed by atoms with Crippen LogP contribution in [0.25, 0.3) is 0 Å². The predicted octanol–water partition coefficient (Wildman–Crippen LogP) is 1.05. The second-order valence-corrected chi connectivity index (χ2v) is 2.93. The molecule has 0 aromatic carbocycles. The molecule has 0 N–H and O–H groups in total. The molecule has 1 heterocycles. The van der Waals surface area contributed by atoms with E-state index >= 15 is 0 Å². The Bertz CT molecular complexity index is 204. The lowest BCUT2D eigenvalue weighted by atomic mass is 10.1. The number of rotatable bonds is 2. The smallest absolute Gasteiger partial charge is 0.311 e. The first-order valence-electron chi connectivity index (χ1n) is 5.05. The molecule has 1 unspecified atom stereocenters. The summed E-state index contributed by atoms with van der Waals surface area (Å²) in [4.78, 5) is 23.7. The van der Waals surface area contributed by atoms with Gasteiger partial charge in [0.1, 0.15) is 0 Å². The molecule has 82 valence electrons. The average Bonchev–Trinajstić information content (AvgIpc) is 2.51. The van der Waals surface area contributed by atoms with E-state index in [0.717, 1.165) is 0 Å². The topological polar surface area (TPSA) is 46.6 Å². The predicted molar refractivity (Wildman–Crippen MR) is 53.7 cm³/mol. The van der Waals surface area contributed by atoms with Gasteiger partial charge in [-0.2, -0.15) is 0 Å². The Morgan fingerprint density at radius 3 is 2.50 bits per heavy atom. The number of ether oxygens (including phenoxy) is 1. The number of nitrogens with zero attached hydrogens (tertiary/aromatic N) is 1. The Hall–Kier alpha value is -1.06. The Labute approximate surface area is 85.2 Å². The van der Waals surface area contributed by atoms with Gasteiger partial charge < -0.3 is 9.64 Å². The van der Waals surface area contributed by atoms with Gasteiger partial charge in [0.15, 0.2) is 0 Å². The largest absolute Gasteiger partial charge is 0.466 e. The molecule has 1 amide bonds. The lowest BCUT2D eigenvalue weighted by Crippen LogP contribution is -2.22. The van der Waals surface area contributed by atoms with E-state index in [1.54, 1.807) is 18.9 Å². The highest BCUT2D eigenvalue weighted by Gasteiger charge is 2.32. The molecule has 0 aromatic heterocycles. The molecule has 4 nitrogen and oxygen atoms in total. The molecule has 0 radical (unpaired) electrons. The first kappa shape index (κ1) is 12.9. The SMILES string of the molecule is CC.CCOC(=O)C1CC(=O)N(C)C1. The summed E-state index contributed by atoms with van der Waals surface area (Å²) < 4.78 is 4.80. The van der Waals surface area contributed by atoms with Crippen molar-refractivity contribution in [2.75, 3.05) is 20.2 Å². The second-order valence-electron chi connectivity index (χ2n) is 2.93. The van der Waals surface area contributed by atoms with Gasteiger partial charge in [-0.25, -0.2) is 0 Å². The van der Waals surface area contributed by atoms with Crippen LogP contribution in [-0.4, -0.2) is 37.0 Å². The number of likely N-dealkylation sites (tertiary alicyclic amines) is 1. The number of hydrogen-bond acceptors (Lipinski definition) is 3. The number of carbonyl (C=O) groups excluding carboxylic acids is 2. The minimum absolute atomic E-state index is 0.0213. The van der Waals surface area contributed by atoms with Gasteiger partial charge >= 0.3 is 5.97 Å². The highest BCUT2D eigenvalue weighted by molar-refractivity contribution is 5.86. The molecular weight excluding hydrogens is 182 g/mol. The van der Waals surface area contributed by atoms with Gasteiger partial charge in [0, 0.05) is 20.0 Å². The van der Waals surface area contributed by atoms with E-state index in [2.05, 4.69) is 0 Å². The third-order valence-corrected chi connectivity index (χ3v) is 1.96. The monoisotopic (exact) mass is 201 g/mol. The van der Waals surface area contributed by atoms with Crippen molar-refractivity contribution in [3.63, 3.8) is 0 Å². The fourth-order valence-electron chi connectivity index (χ4n) is 1.28. The first-order chi connectivity index (χ1) is 6.65. The molecule has 1 aliphatic heterocycles. The molecule has 1 atom stereocenters. The summed E-state index contributed by atoms with van der Waals surface area (Å²) in [5.74, 6) is -0.481. The number of hydrogen-bond donors (Lipinski definition) is 0. The van der Waals surface area contributed by atoms with Gasteiger partial charge in [-0.15, -0.1) is 0 Å². The van der Waals surface area contributed by atoms with E-state index in [1.165, 1.54) is 0 Å². The van der Waals surface area contributed by atoms with Crippen LogP contribution in [0.1, 0.15) is 27.2 Å². The molecule has 0 aliphatic carbocycles. The van der Waals surface area contributed by atoms with Crippen molar-refractivity contribution in [3.05, 3.63) is 0 Å². The quantitative estimate of drug-likeness (QED) is 0.627. The van der Waals surface area contributed by atoms with Crippen LogP contribution in [0.3, 0.4) is 0 Å². The van der Waals surface area contributed by atoms with E-state index in [-0.39, 0.29) is 17.8 Å². The molecular formula is C10H19NO3. The zero-order valence-electron chi connectivity index (χ0n) is 9.37. The van der Waals surface area contributed by atoms with Crippen molar-refractivity contribution in [3.8, 4) is 0 Å². The fraction of sp³-hybridized carbons (Fsp3) is 0.800. The van der Waals surface area contributed by atoms with E-state index in [4.69, 9.17) is 4.74 Å². The summed E-state index contributed by atoms with van der Waals surface area (Å²) >= 11 is 0. The summed E-state index contributed by atoms with van der Waals surface area (Å²) in [5.41, 5.74) is 0. The average molecular weight is 201 g/mol. The zero-order chi connectivity index (χ0) is 11.1. The van der Waals surface area contributed by atoms with E-state index in [1.807, 2.05) is 13.8 Å². The van der Waals surface area contributed by atoms with E-state index < -0.39 is 0 Å². The molecule has 1 rings (SSSR count). The van der Waals surface area contributed by atoms with Crippen LogP contribution in [0, 0.1) is 5.92 Å². The van der Waals surface area contributed by atoms with Crippen LogP contribution in [0.2, 0.25) is 0 Å². The maximum atomic E-state index is 11.1. The Morgan fingerprint density at radius 2 is 2.14 bits per heavy atom. The highest BCUT2D eigenvalue weighted by atomic mass is 16.5. The Balaban J connectivity index is 0.000000791. The molecule has 4 heteroatoms. The molecule has 0 saturated carbocycles. The van der Waals surface area contributed by atoms with Crippen LogP contribution in [0.4, 0.5) is 0 Å². The molecule has 1 fully saturated rings. The lowest BCUT2D eigenvalue weighted by Gasteiger charge is -2.08. The minimum atomic E-state index is -0.254. The third-order valence-electron chi connectivity index (χ3n) is 1.96. The Kier molecular flexibility index (Phi) is 5.92. The first-order valence-corrected chi connectivity index (χ1v) is 5.05.